The van der Waals surface area contributed by atoms with Gasteiger partial charge in [0.25, 0.3) is 0 Å². The van der Waals surface area contributed by atoms with Crippen LogP contribution in [0.3, 0.4) is 0 Å². The molecule has 3 rings (SSSR count). The number of carbonyl (C=O) groups excluding carboxylic acids is 1. The minimum Gasteiger partial charge on any atom is -0.496 e. The lowest BCUT2D eigenvalue weighted by atomic mass is 10.1. The lowest BCUT2D eigenvalue weighted by Crippen LogP contribution is -2.25. The number of thiazole rings is 1. The molecule has 1 aliphatic rings. The van der Waals surface area contributed by atoms with Crippen LogP contribution in [0.25, 0.3) is 0 Å². The first-order chi connectivity index (χ1) is 11.5. The van der Waals surface area contributed by atoms with E-state index in [9.17, 15) is 4.79 Å². The molecular formula is C17H20BrN3O2S. The van der Waals surface area contributed by atoms with Crippen LogP contribution < -0.4 is 10.1 Å². The van der Waals surface area contributed by atoms with E-state index in [0.717, 1.165) is 46.1 Å². The lowest BCUT2D eigenvalue weighted by molar-refractivity contribution is -0.116. The third-order valence-electron chi connectivity index (χ3n) is 4.03. The minimum atomic E-state index is 0.00129. The summed E-state index contributed by atoms with van der Waals surface area (Å²) in [6.07, 6.45) is 2.07. The molecule has 128 valence electrons. The van der Waals surface area contributed by atoms with Crippen LogP contribution in [-0.2, 0) is 24.2 Å². The number of fused-ring (bicyclic) bond motifs is 1. The summed E-state index contributed by atoms with van der Waals surface area (Å²) in [6, 6.07) is 5.88. The molecule has 7 heteroatoms. The number of nitrogens with one attached hydrogen (secondary N) is 1. The van der Waals surface area contributed by atoms with Gasteiger partial charge in [0, 0.05) is 30.8 Å². The van der Waals surface area contributed by atoms with Gasteiger partial charge < -0.3 is 15.0 Å². The van der Waals surface area contributed by atoms with Crippen molar-refractivity contribution in [3.05, 3.63) is 38.8 Å². The minimum absolute atomic E-state index is 0.00129. The van der Waals surface area contributed by atoms with Crippen molar-refractivity contribution in [2.45, 2.75) is 25.8 Å². The second kappa shape index (κ2) is 7.63. The topological polar surface area (TPSA) is 54.5 Å². The predicted octanol–water partition coefficient (Wildman–Crippen LogP) is 3.47. The van der Waals surface area contributed by atoms with Crippen molar-refractivity contribution < 1.29 is 9.53 Å². The Kier molecular flexibility index (Phi) is 5.53. The molecule has 0 aliphatic carbocycles. The molecule has 24 heavy (non-hydrogen) atoms. The molecule has 1 N–H and O–H groups in total. The quantitative estimate of drug-likeness (QED) is 0.820. The van der Waals surface area contributed by atoms with Gasteiger partial charge in [-0.2, -0.15) is 0 Å². The summed E-state index contributed by atoms with van der Waals surface area (Å²) in [5, 5.41) is 3.65. The van der Waals surface area contributed by atoms with Gasteiger partial charge in [-0.25, -0.2) is 4.98 Å². The number of anilines is 1. The van der Waals surface area contributed by atoms with E-state index < -0.39 is 0 Å². The fraction of sp³-hybridized carbons (Fsp3) is 0.412. The maximum atomic E-state index is 12.2. The second-order valence-electron chi connectivity index (χ2n) is 5.89. The zero-order valence-corrected chi connectivity index (χ0v) is 16.2. The number of methoxy groups -OCH3 is 1. The molecule has 0 unspecified atom stereocenters. The van der Waals surface area contributed by atoms with Crippen LogP contribution in [0.4, 0.5) is 5.13 Å². The number of ether oxygens (including phenoxy) is 1. The van der Waals surface area contributed by atoms with Crippen molar-refractivity contribution in [1.82, 2.24) is 9.88 Å². The average Bonchev–Trinajstić information content (AvgIpc) is 2.94. The number of aromatic nitrogens is 1. The van der Waals surface area contributed by atoms with Crippen molar-refractivity contribution in [3.63, 3.8) is 0 Å². The van der Waals surface area contributed by atoms with Crippen LogP contribution >= 0.6 is 27.3 Å². The summed E-state index contributed by atoms with van der Waals surface area (Å²) in [4.78, 5) is 20.3. The second-order valence-corrected chi connectivity index (χ2v) is 7.83. The summed E-state index contributed by atoms with van der Waals surface area (Å²) >= 11 is 5.06. The summed E-state index contributed by atoms with van der Waals surface area (Å²) in [5.41, 5.74) is 2.23. The maximum Gasteiger partial charge on any atom is 0.226 e. The largest absolute Gasteiger partial charge is 0.496 e. The zero-order valence-electron chi connectivity index (χ0n) is 13.8. The van der Waals surface area contributed by atoms with Gasteiger partial charge in [-0.05, 0) is 47.1 Å². The summed E-state index contributed by atoms with van der Waals surface area (Å²) < 4.78 is 6.12. The first-order valence-corrected chi connectivity index (χ1v) is 9.45. The number of hydrogen-bond donors (Lipinski definition) is 1. The lowest BCUT2D eigenvalue weighted by Gasteiger charge is -2.20. The molecular weight excluding hydrogens is 390 g/mol. The van der Waals surface area contributed by atoms with Crippen molar-refractivity contribution in [2.75, 3.05) is 26.0 Å². The molecule has 0 bridgehead atoms. The van der Waals surface area contributed by atoms with E-state index in [4.69, 9.17) is 4.74 Å². The molecule has 0 fully saturated rings. The molecule has 0 radical (unpaired) electrons. The summed E-state index contributed by atoms with van der Waals surface area (Å²) in [6.45, 7) is 1.94. The van der Waals surface area contributed by atoms with Gasteiger partial charge in [-0.3, -0.25) is 4.79 Å². The van der Waals surface area contributed by atoms with Gasteiger partial charge >= 0.3 is 0 Å². The molecule has 1 amide bonds. The highest BCUT2D eigenvalue weighted by molar-refractivity contribution is 9.10. The fourth-order valence-electron chi connectivity index (χ4n) is 2.68. The smallest absolute Gasteiger partial charge is 0.226 e. The molecule has 0 spiro atoms. The van der Waals surface area contributed by atoms with E-state index in [2.05, 4.69) is 38.2 Å². The molecule has 2 aromatic rings. The summed E-state index contributed by atoms with van der Waals surface area (Å²) in [7, 11) is 3.74. The zero-order chi connectivity index (χ0) is 17.1. The van der Waals surface area contributed by atoms with E-state index in [0.29, 0.717) is 12.8 Å². The van der Waals surface area contributed by atoms with Crippen molar-refractivity contribution in [1.29, 1.82) is 0 Å². The van der Waals surface area contributed by atoms with Crippen LogP contribution in [0, 0.1) is 0 Å². The van der Waals surface area contributed by atoms with Crippen molar-refractivity contribution in [3.8, 4) is 5.75 Å². The highest BCUT2D eigenvalue weighted by atomic mass is 79.9. The predicted molar refractivity (Wildman–Crippen MR) is 99.8 cm³/mol. The van der Waals surface area contributed by atoms with Crippen molar-refractivity contribution >= 4 is 38.3 Å². The van der Waals surface area contributed by atoms with E-state index >= 15 is 0 Å². The molecule has 0 saturated carbocycles. The number of hydrogen-bond acceptors (Lipinski definition) is 5. The van der Waals surface area contributed by atoms with Gasteiger partial charge in [0.1, 0.15) is 5.75 Å². The van der Waals surface area contributed by atoms with Crippen LogP contribution in [0.2, 0.25) is 0 Å². The van der Waals surface area contributed by atoms with Gasteiger partial charge in [0.15, 0.2) is 5.13 Å². The molecule has 1 aromatic carbocycles. The van der Waals surface area contributed by atoms with Gasteiger partial charge in [-0.15, -0.1) is 11.3 Å². The highest BCUT2D eigenvalue weighted by Crippen LogP contribution is 2.28. The Bertz CT molecular complexity index is 747. The monoisotopic (exact) mass is 409 g/mol. The number of nitrogens with zero attached hydrogens (tertiary/aromatic N) is 2. The number of carbonyl (C=O) groups is 1. The van der Waals surface area contributed by atoms with Crippen LogP contribution in [-0.4, -0.2) is 36.5 Å². The number of likely N-dealkylation sites (N-methyl/N-ethyl adjacent to an activating group) is 1. The standard InChI is InChI=1S/C17H20BrN3O2S/c1-21-8-7-13-15(10-21)24-17(19-13)20-16(22)6-4-11-3-5-14(23-2)12(18)9-11/h3,5,9H,4,6-8,10H2,1-2H3,(H,19,20,22). The fourth-order valence-corrected chi connectivity index (χ4v) is 4.37. The Balaban J connectivity index is 1.55. The van der Waals surface area contributed by atoms with E-state index in [1.54, 1.807) is 18.4 Å². The number of aryl methyl sites for hydroxylation is 1. The van der Waals surface area contributed by atoms with Crippen molar-refractivity contribution in [2.24, 2.45) is 0 Å². The molecule has 0 saturated heterocycles. The first kappa shape index (κ1) is 17.4. The average molecular weight is 410 g/mol. The van der Waals surface area contributed by atoms with E-state index in [1.807, 2.05) is 18.2 Å². The number of rotatable bonds is 5. The number of benzene rings is 1. The van der Waals surface area contributed by atoms with Gasteiger partial charge in [0.2, 0.25) is 5.91 Å². The highest BCUT2D eigenvalue weighted by Gasteiger charge is 2.19. The molecule has 0 atom stereocenters. The Hall–Kier alpha value is -1.44. The van der Waals surface area contributed by atoms with E-state index in [1.165, 1.54) is 4.88 Å². The Labute approximate surface area is 154 Å². The Morgan fingerprint density at radius 1 is 1.50 bits per heavy atom. The van der Waals surface area contributed by atoms with Crippen LogP contribution in [0.1, 0.15) is 22.6 Å². The SMILES string of the molecule is COc1ccc(CCC(=O)Nc2nc3c(s2)CN(C)CC3)cc1Br. The third-order valence-corrected chi connectivity index (χ3v) is 5.64. The third kappa shape index (κ3) is 4.15. The molecule has 5 nitrogen and oxygen atoms in total. The number of amides is 1. The number of halogens is 1. The summed E-state index contributed by atoms with van der Waals surface area (Å²) in [5.74, 6) is 0.794. The maximum absolute atomic E-state index is 12.2. The van der Waals surface area contributed by atoms with Gasteiger partial charge in [0.05, 0.1) is 17.3 Å². The van der Waals surface area contributed by atoms with Gasteiger partial charge in [-0.1, -0.05) is 6.07 Å². The molecule has 2 heterocycles. The van der Waals surface area contributed by atoms with Crippen LogP contribution in [0.15, 0.2) is 22.7 Å². The normalized spacial score (nSPS) is 14.3. The van der Waals surface area contributed by atoms with E-state index in [-0.39, 0.29) is 5.91 Å². The molecule has 1 aliphatic heterocycles. The first-order valence-electron chi connectivity index (χ1n) is 7.84. The molecule has 1 aromatic heterocycles. The van der Waals surface area contributed by atoms with Crippen LogP contribution in [0.5, 0.6) is 5.75 Å². The Morgan fingerprint density at radius 3 is 3.08 bits per heavy atom. The Morgan fingerprint density at radius 2 is 2.33 bits per heavy atom.